The van der Waals surface area contributed by atoms with E-state index in [2.05, 4.69) is 0 Å². The molecule has 0 aromatic heterocycles. The lowest BCUT2D eigenvalue weighted by Crippen LogP contribution is -2.26. The summed E-state index contributed by atoms with van der Waals surface area (Å²) in [6, 6.07) is 14.7. The number of carbonyl (C=O) groups is 2. The van der Waals surface area contributed by atoms with Crippen molar-refractivity contribution in [2.24, 2.45) is 0 Å². The van der Waals surface area contributed by atoms with Crippen molar-refractivity contribution in [1.29, 1.82) is 0 Å². The Balaban J connectivity index is 2.06. The van der Waals surface area contributed by atoms with Crippen molar-refractivity contribution in [2.45, 2.75) is 13.2 Å². The van der Waals surface area contributed by atoms with Gasteiger partial charge in [0.05, 0.1) is 0 Å². The number of ether oxygens (including phenoxy) is 1. The Morgan fingerprint density at radius 1 is 0.950 bits per heavy atom. The molecule has 2 rings (SSSR count). The van der Waals surface area contributed by atoms with Crippen molar-refractivity contribution < 1.29 is 19.4 Å². The summed E-state index contributed by atoms with van der Waals surface area (Å²) >= 11 is 0. The van der Waals surface area contributed by atoms with Gasteiger partial charge in [0.1, 0.15) is 5.75 Å². The van der Waals surface area contributed by atoms with Gasteiger partial charge in [0.15, 0.2) is 5.78 Å². The van der Waals surface area contributed by atoms with Crippen LogP contribution in [0, 0.1) is 0 Å². The molecule has 0 saturated carbocycles. The molecule has 4 nitrogen and oxygen atoms in total. The standard InChI is InChI=1S/C16H14O4/c1-11(17)12-7-9-14(10-8-12)20-16(19)15(18)13-5-3-2-4-6-13/h2-10,16,19H,1H3. The van der Waals surface area contributed by atoms with E-state index in [-0.39, 0.29) is 5.78 Å². The smallest absolute Gasteiger partial charge is 0.262 e. The molecule has 20 heavy (non-hydrogen) atoms. The predicted molar refractivity (Wildman–Crippen MR) is 73.9 cm³/mol. The minimum absolute atomic E-state index is 0.0579. The Labute approximate surface area is 116 Å². The third-order valence-electron chi connectivity index (χ3n) is 2.79. The lowest BCUT2D eigenvalue weighted by Gasteiger charge is -2.12. The molecule has 4 heteroatoms. The van der Waals surface area contributed by atoms with Gasteiger partial charge in [-0.2, -0.15) is 0 Å². The molecule has 0 aliphatic heterocycles. The quantitative estimate of drug-likeness (QED) is 0.669. The van der Waals surface area contributed by atoms with E-state index in [1.54, 1.807) is 42.5 Å². The average Bonchev–Trinajstić information content (AvgIpc) is 2.48. The van der Waals surface area contributed by atoms with Crippen molar-refractivity contribution in [2.75, 3.05) is 0 Å². The van der Waals surface area contributed by atoms with Gasteiger partial charge in [0, 0.05) is 11.1 Å². The summed E-state index contributed by atoms with van der Waals surface area (Å²) in [5.74, 6) is -0.245. The third kappa shape index (κ3) is 3.30. The number of aliphatic hydroxyl groups is 1. The van der Waals surface area contributed by atoms with Crippen LogP contribution >= 0.6 is 0 Å². The Bertz CT molecular complexity index is 602. The number of benzene rings is 2. The second kappa shape index (κ2) is 6.12. The number of Topliss-reactive ketones (excluding diaryl/α,β-unsaturated/α-hetero) is 2. The van der Waals surface area contributed by atoms with Gasteiger partial charge >= 0.3 is 0 Å². The van der Waals surface area contributed by atoms with E-state index < -0.39 is 12.1 Å². The molecule has 0 radical (unpaired) electrons. The fourth-order valence-corrected chi connectivity index (χ4v) is 1.70. The first-order valence-corrected chi connectivity index (χ1v) is 6.13. The van der Waals surface area contributed by atoms with Crippen LogP contribution < -0.4 is 4.74 Å². The maximum atomic E-state index is 11.9. The summed E-state index contributed by atoms with van der Waals surface area (Å²) in [4.78, 5) is 23.0. The molecule has 0 aliphatic carbocycles. The summed E-state index contributed by atoms with van der Waals surface area (Å²) in [7, 11) is 0. The number of aliphatic hydroxyl groups excluding tert-OH is 1. The van der Waals surface area contributed by atoms with Crippen LogP contribution in [0.25, 0.3) is 0 Å². The third-order valence-corrected chi connectivity index (χ3v) is 2.79. The molecule has 0 spiro atoms. The van der Waals surface area contributed by atoms with Gasteiger partial charge < -0.3 is 9.84 Å². The van der Waals surface area contributed by atoms with E-state index in [4.69, 9.17) is 4.74 Å². The van der Waals surface area contributed by atoms with E-state index in [1.807, 2.05) is 0 Å². The topological polar surface area (TPSA) is 63.6 Å². The first-order valence-electron chi connectivity index (χ1n) is 6.13. The zero-order chi connectivity index (χ0) is 14.5. The van der Waals surface area contributed by atoms with Crippen molar-refractivity contribution in [3.8, 4) is 5.75 Å². The summed E-state index contributed by atoms with van der Waals surface area (Å²) < 4.78 is 5.16. The lowest BCUT2D eigenvalue weighted by molar-refractivity contribution is -0.00294. The first-order chi connectivity index (χ1) is 9.58. The van der Waals surface area contributed by atoms with E-state index >= 15 is 0 Å². The minimum Gasteiger partial charge on any atom is -0.457 e. The van der Waals surface area contributed by atoms with Crippen LogP contribution in [0.4, 0.5) is 0 Å². The molecule has 0 saturated heterocycles. The summed E-state index contributed by atoms with van der Waals surface area (Å²) in [5.41, 5.74) is 0.918. The summed E-state index contributed by atoms with van der Waals surface area (Å²) in [6.45, 7) is 1.46. The van der Waals surface area contributed by atoms with Crippen LogP contribution in [0.3, 0.4) is 0 Å². The number of carbonyl (C=O) groups excluding carboxylic acids is 2. The van der Waals surface area contributed by atoms with Crippen molar-refractivity contribution >= 4 is 11.6 Å². The number of rotatable bonds is 5. The molecule has 0 heterocycles. The molecule has 0 fully saturated rings. The number of hydrogen-bond donors (Lipinski definition) is 1. The summed E-state index contributed by atoms with van der Waals surface area (Å²) in [5, 5.41) is 9.76. The second-order valence-electron chi connectivity index (χ2n) is 4.28. The van der Waals surface area contributed by atoms with Gasteiger partial charge in [-0.3, -0.25) is 9.59 Å². The van der Waals surface area contributed by atoms with Gasteiger partial charge in [0.2, 0.25) is 5.78 Å². The highest BCUT2D eigenvalue weighted by Gasteiger charge is 2.18. The molecule has 0 amide bonds. The predicted octanol–water partition coefficient (Wildman–Crippen LogP) is 2.47. The van der Waals surface area contributed by atoms with Crippen molar-refractivity contribution in [1.82, 2.24) is 0 Å². The monoisotopic (exact) mass is 270 g/mol. The largest absolute Gasteiger partial charge is 0.457 e. The van der Waals surface area contributed by atoms with Crippen LogP contribution in [-0.4, -0.2) is 23.0 Å². The van der Waals surface area contributed by atoms with Crippen molar-refractivity contribution in [3.05, 3.63) is 65.7 Å². The van der Waals surface area contributed by atoms with E-state index in [0.29, 0.717) is 16.9 Å². The van der Waals surface area contributed by atoms with Crippen molar-refractivity contribution in [3.63, 3.8) is 0 Å². The molecule has 0 aliphatic rings. The molecule has 1 N–H and O–H groups in total. The van der Waals surface area contributed by atoms with Gasteiger partial charge in [-0.25, -0.2) is 0 Å². The Morgan fingerprint density at radius 3 is 2.10 bits per heavy atom. The molecule has 2 aromatic carbocycles. The Kier molecular flexibility index (Phi) is 4.27. The van der Waals surface area contributed by atoms with E-state index in [9.17, 15) is 14.7 Å². The summed E-state index contributed by atoms with van der Waals surface area (Å²) in [6.07, 6.45) is -1.57. The minimum atomic E-state index is -1.57. The number of ketones is 2. The molecular weight excluding hydrogens is 256 g/mol. The van der Waals surface area contributed by atoms with Crippen LogP contribution in [0.1, 0.15) is 27.6 Å². The van der Waals surface area contributed by atoms with Crippen LogP contribution in [0.2, 0.25) is 0 Å². The fourth-order valence-electron chi connectivity index (χ4n) is 1.70. The van der Waals surface area contributed by atoms with E-state index in [0.717, 1.165) is 0 Å². The second-order valence-corrected chi connectivity index (χ2v) is 4.28. The van der Waals surface area contributed by atoms with Gasteiger partial charge in [-0.1, -0.05) is 30.3 Å². The average molecular weight is 270 g/mol. The maximum absolute atomic E-state index is 11.9. The molecule has 1 atom stereocenters. The molecule has 0 bridgehead atoms. The zero-order valence-corrected chi connectivity index (χ0v) is 10.9. The van der Waals surface area contributed by atoms with Crippen LogP contribution in [-0.2, 0) is 0 Å². The van der Waals surface area contributed by atoms with Gasteiger partial charge in [-0.05, 0) is 31.2 Å². The highest BCUT2D eigenvalue weighted by molar-refractivity contribution is 5.98. The zero-order valence-electron chi connectivity index (χ0n) is 10.9. The normalized spacial score (nSPS) is 11.7. The highest BCUT2D eigenvalue weighted by atomic mass is 16.6. The Hall–Kier alpha value is -2.46. The van der Waals surface area contributed by atoms with Crippen LogP contribution in [0.5, 0.6) is 5.75 Å². The lowest BCUT2D eigenvalue weighted by atomic mass is 10.1. The molecule has 1 unspecified atom stereocenters. The molecule has 102 valence electrons. The highest BCUT2D eigenvalue weighted by Crippen LogP contribution is 2.15. The molecular formula is C16H14O4. The number of hydrogen-bond acceptors (Lipinski definition) is 4. The van der Waals surface area contributed by atoms with E-state index in [1.165, 1.54) is 19.1 Å². The first kappa shape index (κ1) is 14.0. The maximum Gasteiger partial charge on any atom is 0.262 e. The molecule has 2 aromatic rings. The van der Waals surface area contributed by atoms with Gasteiger partial charge in [-0.15, -0.1) is 0 Å². The fraction of sp³-hybridized carbons (Fsp3) is 0.125. The SMILES string of the molecule is CC(=O)c1ccc(OC(O)C(=O)c2ccccc2)cc1. The Morgan fingerprint density at radius 2 is 1.55 bits per heavy atom. The van der Waals surface area contributed by atoms with Crippen LogP contribution in [0.15, 0.2) is 54.6 Å². The van der Waals surface area contributed by atoms with Gasteiger partial charge in [0.25, 0.3) is 6.29 Å².